The van der Waals surface area contributed by atoms with E-state index in [4.69, 9.17) is 0 Å². The molecule has 0 saturated carbocycles. The van der Waals surface area contributed by atoms with E-state index in [0.717, 1.165) is 55.7 Å². The SMILES string of the molecule is CCc1nc(Nc2ncccc2Nc2ccccc2)nc(N2CCN(C)CC2)n1. The van der Waals surface area contributed by atoms with Gasteiger partial charge in [-0.3, -0.25) is 0 Å². The first-order valence-electron chi connectivity index (χ1n) is 9.94. The normalized spacial score (nSPS) is 14.6. The van der Waals surface area contributed by atoms with Crippen molar-refractivity contribution in [3.05, 3.63) is 54.5 Å². The molecule has 1 saturated heterocycles. The van der Waals surface area contributed by atoms with E-state index >= 15 is 0 Å². The third-order valence-electron chi connectivity index (χ3n) is 4.86. The van der Waals surface area contributed by atoms with Gasteiger partial charge in [-0.25, -0.2) is 4.98 Å². The molecule has 1 aliphatic rings. The second-order valence-corrected chi connectivity index (χ2v) is 7.03. The van der Waals surface area contributed by atoms with Gasteiger partial charge in [0.2, 0.25) is 11.9 Å². The van der Waals surface area contributed by atoms with Crippen LogP contribution in [0.5, 0.6) is 0 Å². The topological polar surface area (TPSA) is 82.1 Å². The summed E-state index contributed by atoms with van der Waals surface area (Å²) in [4.78, 5) is 22.9. The van der Waals surface area contributed by atoms with Gasteiger partial charge in [0.05, 0.1) is 5.69 Å². The van der Waals surface area contributed by atoms with Crippen LogP contribution in [0.4, 0.5) is 29.1 Å². The predicted molar refractivity (Wildman–Crippen MR) is 116 cm³/mol. The average molecular weight is 390 g/mol. The highest BCUT2D eigenvalue weighted by Crippen LogP contribution is 2.25. The Kier molecular flexibility index (Phi) is 5.81. The molecule has 3 aromatic rings. The molecule has 2 N–H and O–H groups in total. The molecule has 0 amide bonds. The fraction of sp³-hybridized carbons (Fsp3) is 0.333. The van der Waals surface area contributed by atoms with E-state index in [1.165, 1.54) is 0 Å². The molecule has 0 atom stereocenters. The van der Waals surface area contributed by atoms with Crippen molar-refractivity contribution < 1.29 is 0 Å². The second-order valence-electron chi connectivity index (χ2n) is 7.03. The molecule has 0 unspecified atom stereocenters. The lowest BCUT2D eigenvalue weighted by atomic mass is 10.3. The van der Waals surface area contributed by atoms with E-state index in [-0.39, 0.29) is 0 Å². The first-order valence-corrected chi connectivity index (χ1v) is 9.94. The molecule has 1 fully saturated rings. The van der Waals surface area contributed by atoms with Crippen molar-refractivity contribution in [1.29, 1.82) is 0 Å². The van der Waals surface area contributed by atoms with Gasteiger partial charge in [0.1, 0.15) is 5.82 Å². The minimum atomic E-state index is 0.514. The summed E-state index contributed by atoms with van der Waals surface area (Å²) in [6, 6.07) is 13.9. The van der Waals surface area contributed by atoms with E-state index in [1.54, 1.807) is 6.20 Å². The van der Waals surface area contributed by atoms with Crippen LogP contribution in [-0.2, 0) is 6.42 Å². The van der Waals surface area contributed by atoms with Gasteiger partial charge in [-0.05, 0) is 31.3 Å². The van der Waals surface area contributed by atoms with Crippen LogP contribution in [0.15, 0.2) is 48.7 Å². The van der Waals surface area contributed by atoms with Gasteiger partial charge >= 0.3 is 0 Å². The number of aryl methyl sites for hydroxylation is 1. The van der Waals surface area contributed by atoms with Crippen LogP contribution in [0.1, 0.15) is 12.7 Å². The van der Waals surface area contributed by atoms with Crippen LogP contribution in [0, 0.1) is 0 Å². The van der Waals surface area contributed by atoms with Gasteiger partial charge in [-0.2, -0.15) is 15.0 Å². The first-order chi connectivity index (χ1) is 14.2. The van der Waals surface area contributed by atoms with E-state index in [9.17, 15) is 0 Å². The molecule has 0 bridgehead atoms. The minimum Gasteiger partial charge on any atom is -0.353 e. The van der Waals surface area contributed by atoms with Crippen LogP contribution in [0.25, 0.3) is 0 Å². The Balaban J connectivity index is 1.58. The summed E-state index contributed by atoms with van der Waals surface area (Å²) < 4.78 is 0. The lowest BCUT2D eigenvalue weighted by Gasteiger charge is -2.32. The van der Waals surface area contributed by atoms with Crippen LogP contribution in [-0.4, -0.2) is 58.1 Å². The van der Waals surface area contributed by atoms with Crippen molar-refractivity contribution in [1.82, 2.24) is 24.8 Å². The largest absolute Gasteiger partial charge is 0.353 e. The van der Waals surface area contributed by atoms with Gasteiger partial charge < -0.3 is 20.4 Å². The van der Waals surface area contributed by atoms with Gasteiger partial charge in [0.15, 0.2) is 5.82 Å². The summed E-state index contributed by atoms with van der Waals surface area (Å²) in [5.41, 5.74) is 1.85. The van der Waals surface area contributed by atoms with Crippen molar-refractivity contribution in [3.8, 4) is 0 Å². The highest BCUT2D eigenvalue weighted by Gasteiger charge is 2.18. The van der Waals surface area contributed by atoms with Crippen molar-refractivity contribution in [2.75, 3.05) is 48.8 Å². The number of piperazine rings is 1. The van der Waals surface area contributed by atoms with E-state index in [2.05, 4.69) is 54.3 Å². The van der Waals surface area contributed by atoms with E-state index < -0.39 is 0 Å². The highest BCUT2D eigenvalue weighted by molar-refractivity contribution is 5.73. The van der Waals surface area contributed by atoms with Crippen molar-refractivity contribution in [2.45, 2.75) is 13.3 Å². The number of anilines is 5. The third-order valence-corrected chi connectivity index (χ3v) is 4.86. The summed E-state index contributed by atoms with van der Waals surface area (Å²) in [6.45, 7) is 5.87. The Bertz CT molecular complexity index is 938. The number of pyridine rings is 1. The van der Waals surface area contributed by atoms with Crippen molar-refractivity contribution >= 4 is 29.1 Å². The zero-order valence-electron chi connectivity index (χ0n) is 16.8. The molecular weight excluding hydrogens is 364 g/mol. The number of hydrogen-bond donors (Lipinski definition) is 2. The summed E-state index contributed by atoms with van der Waals surface area (Å²) in [5, 5.41) is 6.67. The maximum absolute atomic E-state index is 4.68. The highest BCUT2D eigenvalue weighted by atomic mass is 15.3. The standard InChI is InChI=1S/C21H26N8/c1-3-18-24-20(27-21(25-18)29-14-12-28(2)13-15-29)26-19-17(10-7-11-22-19)23-16-8-5-4-6-9-16/h4-11,23H,3,12-15H2,1-2H3,(H,22,24,25,26,27). The molecule has 3 heterocycles. The summed E-state index contributed by atoms with van der Waals surface area (Å²) in [6.07, 6.45) is 2.50. The lowest BCUT2D eigenvalue weighted by Crippen LogP contribution is -2.45. The fourth-order valence-electron chi connectivity index (χ4n) is 3.16. The van der Waals surface area contributed by atoms with Crippen molar-refractivity contribution in [2.24, 2.45) is 0 Å². The number of nitrogens with zero attached hydrogens (tertiary/aromatic N) is 6. The minimum absolute atomic E-state index is 0.514. The summed E-state index contributed by atoms with van der Waals surface area (Å²) in [5.74, 6) is 2.68. The molecule has 8 heteroatoms. The number of nitrogens with one attached hydrogen (secondary N) is 2. The Morgan fingerprint density at radius 1 is 0.897 bits per heavy atom. The average Bonchev–Trinajstić information content (AvgIpc) is 2.76. The second kappa shape index (κ2) is 8.83. The third kappa shape index (κ3) is 4.78. The molecular formula is C21H26N8. The summed E-state index contributed by atoms with van der Waals surface area (Å²) in [7, 11) is 2.14. The zero-order chi connectivity index (χ0) is 20.1. The van der Waals surface area contributed by atoms with Gasteiger partial charge in [-0.15, -0.1) is 0 Å². The molecule has 1 aliphatic heterocycles. The Hall–Kier alpha value is -3.26. The Morgan fingerprint density at radius 3 is 2.45 bits per heavy atom. The number of rotatable bonds is 6. The molecule has 0 aliphatic carbocycles. The van der Waals surface area contributed by atoms with Gasteiger partial charge in [0, 0.05) is 44.5 Å². The number of aromatic nitrogens is 4. The smallest absolute Gasteiger partial charge is 0.233 e. The van der Waals surface area contributed by atoms with Gasteiger partial charge in [0.25, 0.3) is 0 Å². The molecule has 2 aromatic heterocycles. The molecule has 1 aromatic carbocycles. The van der Waals surface area contributed by atoms with Crippen molar-refractivity contribution in [3.63, 3.8) is 0 Å². The van der Waals surface area contributed by atoms with E-state index in [1.807, 2.05) is 42.5 Å². The fourth-order valence-corrected chi connectivity index (χ4v) is 3.16. The number of hydrogen-bond acceptors (Lipinski definition) is 8. The molecule has 8 nitrogen and oxygen atoms in total. The maximum Gasteiger partial charge on any atom is 0.233 e. The lowest BCUT2D eigenvalue weighted by molar-refractivity contribution is 0.311. The molecule has 0 spiro atoms. The summed E-state index contributed by atoms with van der Waals surface area (Å²) >= 11 is 0. The van der Waals surface area contributed by atoms with Crippen LogP contribution < -0.4 is 15.5 Å². The quantitative estimate of drug-likeness (QED) is 0.665. The number of benzene rings is 1. The van der Waals surface area contributed by atoms with E-state index in [0.29, 0.717) is 11.8 Å². The van der Waals surface area contributed by atoms with Crippen LogP contribution in [0.3, 0.4) is 0 Å². The zero-order valence-corrected chi connectivity index (χ0v) is 16.8. The number of likely N-dealkylation sites (N-methyl/N-ethyl adjacent to an activating group) is 1. The predicted octanol–water partition coefficient (Wildman–Crippen LogP) is 3.07. The van der Waals surface area contributed by atoms with Crippen LogP contribution >= 0.6 is 0 Å². The van der Waals surface area contributed by atoms with Gasteiger partial charge in [-0.1, -0.05) is 25.1 Å². The maximum atomic E-state index is 4.68. The molecule has 4 rings (SSSR count). The number of para-hydroxylation sites is 1. The molecule has 29 heavy (non-hydrogen) atoms. The Labute approximate surface area is 171 Å². The molecule has 150 valence electrons. The van der Waals surface area contributed by atoms with Crippen LogP contribution in [0.2, 0.25) is 0 Å². The Morgan fingerprint density at radius 2 is 1.69 bits per heavy atom. The monoisotopic (exact) mass is 390 g/mol. The first kappa shape index (κ1) is 19.1. The molecule has 0 radical (unpaired) electrons.